The van der Waals surface area contributed by atoms with Crippen LogP contribution in [0.15, 0.2) is 16.6 Å². The Kier molecular flexibility index (Phi) is 3.35. The van der Waals surface area contributed by atoms with Crippen LogP contribution in [0.3, 0.4) is 0 Å². The van der Waals surface area contributed by atoms with E-state index >= 15 is 0 Å². The predicted molar refractivity (Wildman–Crippen MR) is 52.1 cm³/mol. The average molecular weight is 278 g/mol. The molecule has 0 saturated heterocycles. The second-order valence-corrected chi connectivity index (χ2v) is 3.58. The molecule has 0 aromatic heterocycles. The molecule has 0 atom stereocenters. The molecule has 1 rings (SSSR count). The number of aliphatic carboxylic acids is 1. The molecule has 0 radical (unpaired) electrons. The van der Waals surface area contributed by atoms with Crippen LogP contribution >= 0.6 is 15.9 Å². The fourth-order valence-corrected chi connectivity index (χ4v) is 1.38. The Balaban J connectivity index is 3.28. The quantitative estimate of drug-likeness (QED) is 0.678. The summed E-state index contributed by atoms with van der Waals surface area (Å²) in [5.74, 6) is -1.98. The molecule has 5 nitrogen and oxygen atoms in total. The predicted octanol–water partition coefficient (Wildman–Crippen LogP) is 2.12. The van der Waals surface area contributed by atoms with Gasteiger partial charge < -0.3 is 5.11 Å². The van der Waals surface area contributed by atoms with E-state index in [9.17, 15) is 19.3 Å². The highest BCUT2D eigenvalue weighted by Crippen LogP contribution is 2.26. The summed E-state index contributed by atoms with van der Waals surface area (Å²) in [6, 6.07) is 1.80. The number of halogens is 2. The van der Waals surface area contributed by atoms with Crippen molar-refractivity contribution in [1.82, 2.24) is 0 Å². The molecule has 1 aromatic rings. The van der Waals surface area contributed by atoms with E-state index in [1.165, 1.54) is 0 Å². The molecule has 1 aromatic carbocycles. The van der Waals surface area contributed by atoms with Crippen LogP contribution in [0, 0.1) is 15.9 Å². The highest BCUT2D eigenvalue weighted by atomic mass is 79.9. The van der Waals surface area contributed by atoms with Crippen molar-refractivity contribution < 1.29 is 19.2 Å². The maximum Gasteiger partial charge on any atom is 0.308 e. The summed E-state index contributed by atoms with van der Waals surface area (Å²) in [6.07, 6.45) is -0.583. The average Bonchev–Trinajstić information content (AvgIpc) is 2.09. The van der Waals surface area contributed by atoms with Crippen LogP contribution in [0.2, 0.25) is 0 Å². The van der Waals surface area contributed by atoms with E-state index in [2.05, 4.69) is 15.9 Å². The van der Waals surface area contributed by atoms with Gasteiger partial charge in [0.2, 0.25) is 0 Å². The number of benzene rings is 1. The molecule has 0 heterocycles. The van der Waals surface area contributed by atoms with Crippen molar-refractivity contribution in [2.75, 3.05) is 0 Å². The topological polar surface area (TPSA) is 80.4 Å². The minimum Gasteiger partial charge on any atom is -0.481 e. The molecule has 0 spiro atoms. The lowest BCUT2D eigenvalue weighted by molar-refractivity contribution is -0.385. The molecule has 0 aliphatic heterocycles. The number of carbonyl (C=O) groups is 1. The van der Waals surface area contributed by atoms with E-state index in [-0.39, 0.29) is 10.0 Å². The van der Waals surface area contributed by atoms with Gasteiger partial charge in [0.05, 0.1) is 15.8 Å². The Morgan fingerprint density at radius 1 is 1.60 bits per heavy atom. The summed E-state index contributed by atoms with van der Waals surface area (Å²) in [5.41, 5.74) is -0.570. The molecule has 15 heavy (non-hydrogen) atoms. The maximum atomic E-state index is 13.0. The molecule has 80 valence electrons. The van der Waals surface area contributed by atoms with Gasteiger partial charge >= 0.3 is 5.97 Å². The summed E-state index contributed by atoms with van der Waals surface area (Å²) < 4.78 is 12.9. The first kappa shape index (κ1) is 11.6. The zero-order chi connectivity index (χ0) is 11.6. The van der Waals surface area contributed by atoms with E-state index in [0.29, 0.717) is 0 Å². The molecular formula is C8H5BrFNO4. The van der Waals surface area contributed by atoms with Gasteiger partial charge in [-0.1, -0.05) is 0 Å². The van der Waals surface area contributed by atoms with Crippen LogP contribution in [0.4, 0.5) is 10.1 Å². The molecule has 0 aliphatic rings. The van der Waals surface area contributed by atoms with Crippen LogP contribution in [-0.4, -0.2) is 16.0 Å². The minimum atomic E-state index is -1.25. The molecule has 1 N–H and O–H groups in total. The lowest BCUT2D eigenvalue weighted by Gasteiger charge is -2.01. The fourth-order valence-electron chi connectivity index (χ4n) is 1.05. The van der Waals surface area contributed by atoms with Crippen molar-refractivity contribution in [2.24, 2.45) is 0 Å². The maximum absolute atomic E-state index is 13.0. The Bertz CT molecular complexity index is 435. The SMILES string of the molecule is O=C(O)Cc1cc(F)c(Br)cc1[N+](=O)[O-]. The van der Waals surface area contributed by atoms with Gasteiger partial charge in [0.1, 0.15) is 5.82 Å². The number of nitro benzene ring substituents is 1. The number of carboxylic acids is 1. The molecule has 7 heteroatoms. The highest BCUT2D eigenvalue weighted by molar-refractivity contribution is 9.10. The molecule has 0 bridgehead atoms. The van der Waals surface area contributed by atoms with Crippen molar-refractivity contribution in [2.45, 2.75) is 6.42 Å². The molecule has 0 amide bonds. The number of carboxylic acid groups (broad SMARTS) is 1. The van der Waals surface area contributed by atoms with Crippen molar-refractivity contribution in [3.8, 4) is 0 Å². The van der Waals surface area contributed by atoms with E-state index < -0.39 is 28.8 Å². The first-order valence-electron chi connectivity index (χ1n) is 3.76. The number of hydrogen-bond donors (Lipinski definition) is 1. The van der Waals surface area contributed by atoms with Crippen LogP contribution in [-0.2, 0) is 11.2 Å². The second-order valence-electron chi connectivity index (χ2n) is 2.72. The molecule has 0 saturated carbocycles. The van der Waals surface area contributed by atoms with E-state index in [1.54, 1.807) is 0 Å². The molecule has 0 unspecified atom stereocenters. The van der Waals surface area contributed by atoms with Crippen LogP contribution < -0.4 is 0 Å². The summed E-state index contributed by atoms with van der Waals surface area (Å²) in [4.78, 5) is 20.2. The lowest BCUT2D eigenvalue weighted by Crippen LogP contribution is -2.04. The zero-order valence-electron chi connectivity index (χ0n) is 7.24. The Morgan fingerprint density at radius 3 is 2.67 bits per heavy atom. The first-order chi connectivity index (χ1) is 6.91. The van der Waals surface area contributed by atoms with Gasteiger partial charge in [-0.05, 0) is 22.0 Å². The summed E-state index contributed by atoms with van der Waals surface area (Å²) in [7, 11) is 0. The molecular weight excluding hydrogens is 273 g/mol. The summed E-state index contributed by atoms with van der Waals surface area (Å²) >= 11 is 2.79. The van der Waals surface area contributed by atoms with Crippen molar-refractivity contribution in [3.05, 3.63) is 38.1 Å². The van der Waals surface area contributed by atoms with Gasteiger partial charge in [0, 0.05) is 11.6 Å². The van der Waals surface area contributed by atoms with Crippen molar-refractivity contribution >= 4 is 27.6 Å². The van der Waals surface area contributed by atoms with E-state index in [4.69, 9.17) is 5.11 Å². The van der Waals surface area contributed by atoms with Gasteiger partial charge in [-0.2, -0.15) is 0 Å². The fraction of sp³-hybridized carbons (Fsp3) is 0.125. The number of hydrogen-bond acceptors (Lipinski definition) is 3. The third-order valence-electron chi connectivity index (χ3n) is 1.66. The lowest BCUT2D eigenvalue weighted by atomic mass is 10.1. The van der Waals surface area contributed by atoms with Crippen LogP contribution in [0.1, 0.15) is 5.56 Å². The Morgan fingerprint density at radius 2 is 2.20 bits per heavy atom. The Hall–Kier alpha value is -1.50. The summed E-state index contributed by atoms with van der Waals surface area (Å²) in [6.45, 7) is 0. The summed E-state index contributed by atoms with van der Waals surface area (Å²) in [5, 5.41) is 19.0. The third-order valence-corrected chi connectivity index (χ3v) is 2.27. The second kappa shape index (κ2) is 4.35. The van der Waals surface area contributed by atoms with Gasteiger partial charge in [-0.15, -0.1) is 0 Å². The van der Waals surface area contributed by atoms with E-state index in [1.807, 2.05) is 0 Å². The minimum absolute atomic E-state index is 0.0664. The molecule has 0 aliphatic carbocycles. The Labute approximate surface area is 91.8 Å². The molecule has 0 fully saturated rings. The largest absolute Gasteiger partial charge is 0.481 e. The zero-order valence-corrected chi connectivity index (χ0v) is 8.82. The number of rotatable bonds is 3. The van der Waals surface area contributed by atoms with Gasteiger partial charge in [0.25, 0.3) is 5.69 Å². The van der Waals surface area contributed by atoms with Gasteiger partial charge in [-0.3, -0.25) is 14.9 Å². The number of nitro groups is 1. The van der Waals surface area contributed by atoms with Crippen molar-refractivity contribution in [3.63, 3.8) is 0 Å². The van der Waals surface area contributed by atoms with Crippen LogP contribution in [0.5, 0.6) is 0 Å². The standard InChI is InChI=1S/C8H5BrFNO4/c9-5-3-7(11(14)15)4(1-6(5)10)2-8(12)13/h1,3H,2H2,(H,12,13). The van der Waals surface area contributed by atoms with Gasteiger partial charge in [-0.25, -0.2) is 4.39 Å². The smallest absolute Gasteiger partial charge is 0.308 e. The number of nitrogens with zero attached hydrogens (tertiary/aromatic N) is 1. The third kappa shape index (κ3) is 2.72. The van der Waals surface area contributed by atoms with Crippen molar-refractivity contribution in [1.29, 1.82) is 0 Å². The first-order valence-corrected chi connectivity index (χ1v) is 4.55. The van der Waals surface area contributed by atoms with Gasteiger partial charge in [0.15, 0.2) is 0 Å². The van der Waals surface area contributed by atoms with E-state index in [0.717, 1.165) is 12.1 Å². The normalized spacial score (nSPS) is 10.0. The monoisotopic (exact) mass is 277 g/mol. The highest BCUT2D eigenvalue weighted by Gasteiger charge is 2.19. The van der Waals surface area contributed by atoms with Crippen LogP contribution in [0.25, 0.3) is 0 Å².